The van der Waals surface area contributed by atoms with E-state index in [9.17, 15) is 4.79 Å². The first-order valence-corrected chi connectivity index (χ1v) is 5.97. The zero-order valence-electron chi connectivity index (χ0n) is 10.8. The molecular weight excluding hydrogens is 214 g/mol. The van der Waals surface area contributed by atoms with Crippen molar-refractivity contribution < 1.29 is 9.53 Å². The van der Waals surface area contributed by atoms with Crippen molar-refractivity contribution in [2.24, 2.45) is 5.92 Å². The minimum absolute atomic E-state index is 0.155. The van der Waals surface area contributed by atoms with Gasteiger partial charge in [-0.3, -0.25) is 4.79 Å². The lowest BCUT2D eigenvalue weighted by Gasteiger charge is -2.21. The van der Waals surface area contributed by atoms with Crippen molar-refractivity contribution in [2.75, 3.05) is 7.11 Å². The van der Waals surface area contributed by atoms with Crippen LogP contribution in [0.2, 0.25) is 0 Å². The topological polar surface area (TPSA) is 38.3 Å². The zero-order valence-corrected chi connectivity index (χ0v) is 10.8. The molecule has 1 atom stereocenters. The van der Waals surface area contributed by atoms with Crippen molar-refractivity contribution in [1.29, 1.82) is 0 Å². The maximum Gasteiger partial charge on any atom is 0.307 e. The minimum atomic E-state index is -0.163. The second-order valence-electron chi connectivity index (χ2n) is 4.50. The van der Waals surface area contributed by atoms with Gasteiger partial charge in [-0.05, 0) is 11.5 Å². The number of rotatable bonds is 6. The number of hydrogen-bond donors (Lipinski definition) is 1. The summed E-state index contributed by atoms with van der Waals surface area (Å²) in [5, 5.41) is 3.40. The highest BCUT2D eigenvalue weighted by Crippen LogP contribution is 2.08. The fourth-order valence-electron chi connectivity index (χ4n) is 1.65. The number of hydrogen-bond acceptors (Lipinski definition) is 3. The smallest absolute Gasteiger partial charge is 0.307 e. The summed E-state index contributed by atoms with van der Waals surface area (Å²) in [5.74, 6) is 0.238. The van der Waals surface area contributed by atoms with Crippen molar-refractivity contribution in [3.05, 3.63) is 35.9 Å². The van der Waals surface area contributed by atoms with Crippen LogP contribution in [-0.4, -0.2) is 19.1 Å². The number of carbonyl (C=O) groups is 1. The van der Waals surface area contributed by atoms with Gasteiger partial charge >= 0.3 is 5.97 Å². The summed E-state index contributed by atoms with van der Waals surface area (Å²) in [4.78, 5) is 11.3. The molecule has 0 radical (unpaired) electrons. The Morgan fingerprint density at radius 2 is 1.94 bits per heavy atom. The minimum Gasteiger partial charge on any atom is -0.469 e. The van der Waals surface area contributed by atoms with Crippen LogP contribution in [0, 0.1) is 5.92 Å². The highest BCUT2D eigenvalue weighted by molar-refractivity contribution is 5.69. The van der Waals surface area contributed by atoms with Gasteiger partial charge in [-0.2, -0.15) is 0 Å². The Hall–Kier alpha value is -1.35. The Kier molecular flexibility index (Phi) is 5.70. The van der Waals surface area contributed by atoms with Crippen LogP contribution < -0.4 is 5.32 Å². The van der Waals surface area contributed by atoms with Crippen molar-refractivity contribution in [2.45, 2.75) is 32.9 Å². The van der Waals surface area contributed by atoms with Gasteiger partial charge < -0.3 is 10.1 Å². The van der Waals surface area contributed by atoms with E-state index in [1.165, 1.54) is 12.7 Å². The molecule has 0 aromatic heterocycles. The number of nitrogens with one attached hydrogen (secondary N) is 1. The molecule has 0 saturated heterocycles. The van der Waals surface area contributed by atoms with E-state index in [1.807, 2.05) is 18.2 Å². The van der Waals surface area contributed by atoms with Crippen LogP contribution in [0.3, 0.4) is 0 Å². The average molecular weight is 235 g/mol. The number of carbonyl (C=O) groups excluding carboxylic acids is 1. The molecule has 0 fully saturated rings. The predicted molar refractivity (Wildman–Crippen MR) is 68.5 cm³/mol. The van der Waals surface area contributed by atoms with Gasteiger partial charge in [0.2, 0.25) is 0 Å². The van der Waals surface area contributed by atoms with Crippen LogP contribution >= 0.6 is 0 Å². The highest BCUT2D eigenvalue weighted by Gasteiger charge is 2.17. The molecule has 3 heteroatoms. The Morgan fingerprint density at radius 1 is 1.29 bits per heavy atom. The fraction of sp³-hybridized carbons (Fsp3) is 0.500. The lowest BCUT2D eigenvalue weighted by molar-refractivity contribution is -0.141. The molecule has 0 bridgehead atoms. The summed E-state index contributed by atoms with van der Waals surface area (Å²) < 4.78 is 4.70. The van der Waals surface area contributed by atoms with Crippen LogP contribution in [0.15, 0.2) is 30.3 Å². The van der Waals surface area contributed by atoms with Crippen molar-refractivity contribution in [1.82, 2.24) is 5.32 Å². The molecule has 0 unspecified atom stereocenters. The number of benzene rings is 1. The molecule has 94 valence electrons. The summed E-state index contributed by atoms with van der Waals surface area (Å²) in [6.07, 6.45) is 0.418. The van der Waals surface area contributed by atoms with E-state index in [-0.39, 0.29) is 12.0 Å². The lowest BCUT2D eigenvalue weighted by atomic mass is 10.0. The van der Waals surface area contributed by atoms with Crippen molar-refractivity contribution in [3.8, 4) is 0 Å². The largest absolute Gasteiger partial charge is 0.469 e. The lowest BCUT2D eigenvalue weighted by Crippen LogP contribution is -2.35. The number of esters is 1. The molecule has 0 amide bonds. The predicted octanol–water partition coefficient (Wildman–Crippen LogP) is 2.36. The molecule has 1 N–H and O–H groups in total. The van der Waals surface area contributed by atoms with Crippen LogP contribution in [0.5, 0.6) is 0 Å². The molecule has 0 spiro atoms. The molecule has 0 aliphatic rings. The van der Waals surface area contributed by atoms with E-state index in [2.05, 4.69) is 31.3 Å². The van der Waals surface area contributed by atoms with Gasteiger partial charge in [0.25, 0.3) is 0 Å². The van der Waals surface area contributed by atoms with Crippen molar-refractivity contribution >= 4 is 5.97 Å². The first-order chi connectivity index (χ1) is 8.13. The molecule has 0 heterocycles. The zero-order chi connectivity index (χ0) is 12.7. The molecule has 0 aliphatic heterocycles. The maximum absolute atomic E-state index is 11.3. The summed E-state index contributed by atoms with van der Waals surface area (Å²) >= 11 is 0. The van der Waals surface area contributed by atoms with Crippen LogP contribution in [0.1, 0.15) is 25.8 Å². The van der Waals surface area contributed by atoms with Gasteiger partial charge in [-0.1, -0.05) is 44.2 Å². The molecular formula is C14H21NO2. The molecule has 0 saturated carbocycles. The van der Waals surface area contributed by atoms with Gasteiger partial charge in [0.05, 0.1) is 13.5 Å². The van der Waals surface area contributed by atoms with E-state index in [4.69, 9.17) is 4.74 Å². The van der Waals surface area contributed by atoms with Gasteiger partial charge in [0.1, 0.15) is 0 Å². The molecule has 3 nitrogen and oxygen atoms in total. The monoisotopic (exact) mass is 235 g/mol. The first-order valence-electron chi connectivity index (χ1n) is 5.97. The third-order valence-electron chi connectivity index (χ3n) is 2.83. The van der Waals surface area contributed by atoms with E-state index in [0.717, 1.165) is 6.54 Å². The Bertz CT molecular complexity index is 335. The van der Waals surface area contributed by atoms with Crippen LogP contribution in [0.4, 0.5) is 0 Å². The van der Waals surface area contributed by atoms with E-state index in [1.54, 1.807) is 0 Å². The number of ether oxygens (including phenoxy) is 1. The molecule has 1 aromatic carbocycles. The molecule has 17 heavy (non-hydrogen) atoms. The maximum atomic E-state index is 11.3. The summed E-state index contributed by atoms with van der Waals surface area (Å²) in [7, 11) is 1.43. The van der Waals surface area contributed by atoms with E-state index >= 15 is 0 Å². The second kappa shape index (κ2) is 7.07. The van der Waals surface area contributed by atoms with E-state index < -0.39 is 0 Å². The third kappa shape index (κ3) is 5.00. The number of methoxy groups -OCH3 is 1. The van der Waals surface area contributed by atoms with Gasteiger partial charge in [0, 0.05) is 12.6 Å². The Morgan fingerprint density at radius 3 is 2.47 bits per heavy atom. The first kappa shape index (κ1) is 13.7. The van der Waals surface area contributed by atoms with E-state index in [0.29, 0.717) is 12.3 Å². The normalized spacial score (nSPS) is 12.5. The fourth-order valence-corrected chi connectivity index (χ4v) is 1.65. The van der Waals surface area contributed by atoms with Gasteiger partial charge in [-0.15, -0.1) is 0 Å². The van der Waals surface area contributed by atoms with Crippen LogP contribution in [-0.2, 0) is 16.1 Å². The summed E-state index contributed by atoms with van der Waals surface area (Å²) in [6, 6.07) is 10.3. The SMILES string of the molecule is COC(=O)C[C@@H](NCc1ccccc1)C(C)C. The quantitative estimate of drug-likeness (QED) is 0.769. The third-order valence-corrected chi connectivity index (χ3v) is 2.83. The average Bonchev–Trinajstić information content (AvgIpc) is 2.35. The molecule has 0 aliphatic carbocycles. The molecule has 1 aromatic rings. The highest BCUT2D eigenvalue weighted by atomic mass is 16.5. The Balaban J connectivity index is 2.47. The second-order valence-corrected chi connectivity index (χ2v) is 4.50. The van der Waals surface area contributed by atoms with Crippen molar-refractivity contribution in [3.63, 3.8) is 0 Å². The van der Waals surface area contributed by atoms with Crippen LogP contribution in [0.25, 0.3) is 0 Å². The standard InChI is InChI=1S/C14H21NO2/c1-11(2)13(9-14(16)17-3)15-10-12-7-5-4-6-8-12/h4-8,11,13,15H,9-10H2,1-3H3/t13-/m1/s1. The summed E-state index contributed by atoms with van der Waals surface area (Å²) in [6.45, 7) is 4.98. The molecule has 1 rings (SSSR count). The van der Waals surface area contributed by atoms with Gasteiger partial charge in [0.15, 0.2) is 0 Å². The Labute approximate surface area is 103 Å². The van der Waals surface area contributed by atoms with Gasteiger partial charge in [-0.25, -0.2) is 0 Å². The summed E-state index contributed by atoms with van der Waals surface area (Å²) in [5.41, 5.74) is 1.23.